The summed E-state index contributed by atoms with van der Waals surface area (Å²) in [5.41, 5.74) is -0.520. The molecule has 0 spiro atoms. The highest BCUT2D eigenvalue weighted by Crippen LogP contribution is 2.09. The number of amides is 2. The van der Waals surface area contributed by atoms with Gasteiger partial charge in [-0.2, -0.15) is 5.26 Å². The largest absolute Gasteiger partial charge is 0.444 e. The number of hydrogen-bond donors (Lipinski definition) is 0. The minimum atomic E-state index is -0.520. The first-order valence-corrected chi connectivity index (χ1v) is 6.22. The van der Waals surface area contributed by atoms with Crippen LogP contribution < -0.4 is 0 Å². The second-order valence-electron chi connectivity index (χ2n) is 5.41. The summed E-state index contributed by atoms with van der Waals surface area (Å²) < 4.78 is 5.19. The fourth-order valence-corrected chi connectivity index (χ4v) is 1.28. The molecule has 0 aliphatic heterocycles. The van der Waals surface area contributed by atoms with Crippen molar-refractivity contribution in [1.82, 2.24) is 9.80 Å². The lowest BCUT2D eigenvalue weighted by Crippen LogP contribution is -2.35. The first-order chi connectivity index (χ1) is 8.67. The molecule has 19 heavy (non-hydrogen) atoms. The molecule has 0 aromatic heterocycles. The first-order valence-electron chi connectivity index (χ1n) is 6.22. The molecule has 0 unspecified atom stereocenters. The normalized spacial score (nSPS) is 10.5. The monoisotopic (exact) mass is 269 g/mol. The molecule has 108 valence electrons. The minimum Gasteiger partial charge on any atom is -0.444 e. The van der Waals surface area contributed by atoms with Crippen LogP contribution in [0.5, 0.6) is 0 Å². The molecule has 0 aliphatic carbocycles. The van der Waals surface area contributed by atoms with Crippen LogP contribution >= 0.6 is 0 Å². The molecule has 6 heteroatoms. The van der Waals surface area contributed by atoms with Gasteiger partial charge in [-0.3, -0.25) is 4.79 Å². The van der Waals surface area contributed by atoms with E-state index >= 15 is 0 Å². The molecule has 0 fully saturated rings. The van der Waals surface area contributed by atoms with Gasteiger partial charge in [0.2, 0.25) is 5.91 Å². The van der Waals surface area contributed by atoms with Crippen LogP contribution in [0.3, 0.4) is 0 Å². The SMILES string of the molecule is CN(CC#N)C(=O)CCCN(C)C(=O)OC(C)(C)C. The van der Waals surface area contributed by atoms with E-state index in [1.165, 1.54) is 9.80 Å². The van der Waals surface area contributed by atoms with Gasteiger partial charge in [-0.1, -0.05) is 0 Å². The molecular formula is C13H23N3O3. The zero-order valence-corrected chi connectivity index (χ0v) is 12.4. The fourth-order valence-electron chi connectivity index (χ4n) is 1.28. The maximum atomic E-state index is 11.6. The van der Waals surface area contributed by atoms with Crippen molar-refractivity contribution in [2.75, 3.05) is 27.2 Å². The minimum absolute atomic E-state index is 0.0841. The summed E-state index contributed by atoms with van der Waals surface area (Å²) >= 11 is 0. The van der Waals surface area contributed by atoms with Gasteiger partial charge in [-0.15, -0.1) is 0 Å². The predicted molar refractivity (Wildman–Crippen MR) is 71.3 cm³/mol. The summed E-state index contributed by atoms with van der Waals surface area (Å²) in [7, 11) is 3.22. The van der Waals surface area contributed by atoms with E-state index < -0.39 is 11.7 Å². The molecule has 0 heterocycles. The van der Waals surface area contributed by atoms with Gasteiger partial charge in [0.15, 0.2) is 0 Å². The van der Waals surface area contributed by atoms with Gasteiger partial charge in [0, 0.05) is 27.1 Å². The van der Waals surface area contributed by atoms with Crippen LogP contribution in [0, 0.1) is 11.3 Å². The van der Waals surface area contributed by atoms with E-state index in [0.717, 1.165) is 0 Å². The lowest BCUT2D eigenvalue weighted by Gasteiger charge is -2.24. The summed E-state index contributed by atoms with van der Waals surface area (Å²) in [6, 6.07) is 1.91. The van der Waals surface area contributed by atoms with Crippen LogP contribution in [-0.2, 0) is 9.53 Å². The maximum Gasteiger partial charge on any atom is 0.410 e. The van der Waals surface area contributed by atoms with Crippen molar-refractivity contribution in [2.45, 2.75) is 39.2 Å². The van der Waals surface area contributed by atoms with E-state index in [9.17, 15) is 9.59 Å². The number of nitriles is 1. The molecule has 0 saturated heterocycles. The van der Waals surface area contributed by atoms with Gasteiger partial charge >= 0.3 is 6.09 Å². The third-order valence-electron chi connectivity index (χ3n) is 2.32. The molecule has 6 nitrogen and oxygen atoms in total. The Balaban J connectivity index is 3.98. The lowest BCUT2D eigenvalue weighted by atomic mass is 10.2. The van der Waals surface area contributed by atoms with Gasteiger partial charge in [0.25, 0.3) is 0 Å². The third kappa shape index (κ3) is 8.03. The number of rotatable bonds is 5. The summed E-state index contributed by atoms with van der Waals surface area (Å²) in [4.78, 5) is 26.0. The number of hydrogen-bond acceptors (Lipinski definition) is 4. The Hall–Kier alpha value is -1.77. The Morgan fingerprint density at radius 1 is 1.21 bits per heavy atom. The van der Waals surface area contributed by atoms with Crippen LogP contribution in [0.4, 0.5) is 4.79 Å². The standard InChI is InChI=1S/C13H23N3O3/c1-13(2,3)19-12(18)16(5)9-6-7-11(17)15(4)10-8-14/h6-7,9-10H2,1-5H3. The van der Waals surface area contributed by atoms with E-state index in [1.807, 2.05) is 6.07 Å². The van der Waals surface area contributed by atoms with E-state index in [-0.39, 0.29) is 12.5 Å². The Bertz CT molecular complexity index is 355. The molecule has 0 aliphatic rings. The molecule has 0 bridgehead atoms. The topological polar surface area (TPSA) is 73.6 Å². The second-order valence-corrected chi connectivity index (χ2v) is 5.41. The van der Waals surface area contributed by atoms with Crippen molar-refractivity contribution in [1.29, 1.82) is 5.26 Å². The molecule has 0 saturated carbocycles. The van der Waals surface area contributed by atoms with Gasteiger partial charge in [-0.05, 0) is 27.2 Å². The van der Waals surface area contributed by atoms with E-state index in [2.05, 4.69) is 0 Å². The van der Waals surface area contributed by atoms with Crippen LogP contribution in [0.2, 0.25) is 0 Å². The van der Waals surface area contributed by atoms with Crippen LogP contribution in [0.1, 0.15) is 33.6 Å². The lowest BCUT2D eigenvalue weighted by molar-refractivity contribution is -0.129. The Labute approximate surface area is 114 Å². The van der Waals surface area contributed by atoms with Crippen molar-refractivity contribution in [3.8, 4) is 6.07 Å². The Morgan fingerprint density at radius 2 is 1.79 bits per heavy atom. The van der Waals surface area contributed by atoms with Gasteiger partial charge in [0.1, 0.15) is 12.1 Å². The number of ether oxygens (including phenoxy) is 1. The molecular weight excluding hydrogens is 246 g/mol. The van der Waals surface area contributed by atoms with Crippen LogP contribution in [-0.4, -0.2) is 54.6 Å². The van der Waals surface area contributed by atoms with E-state index in [1.54, 1.807) is 34.9 Å². The number of nitrogens with zero attached hydrogens (tertiary/aromatic N) is 3. The highest BCUT2D eigenvalue weighted by atomic mass is 16.6. The quantitative estimate of drug-likeness (QED) is 0.711. The highest BCUT2D eigenvalue weighted by molar-refractivity contribution is 5.76. The predicted octanol–water partition coefficient (Wildman–Crippen LogP) is 1.62. The second kappa shape index (κ2) is 7.62. The Morgan fingerprint density at radius 3 is 2.26 bits per heavy atom. The zero-order valence-electron chi connectivity index (χ0n) is 12.4. The molecule has 0 aromatic rings. The Kier molecular flexibility index (Phi) is 6.91. The zero-order chi connectivity index (χ0) is 15.1. The van der Waals surface area contributed by atoms with Gasteiger partial charge < -0.3 is 14.5 Å². The summed E-state index contributed by atoms with van der Waals surface area (Å²) in [5, 5.41) is 8.47. The number of carbonyl (C=O) groups excluding carboxylic acids is 2. The first kappa shape index (κ1) is 17.2. The van der Waals surface area contributed by atoms with Crippen molar-refractivity contribution < 1.29 is 14.3 Å². The maximum absolute atomic E-state index is 11.6. The highest BCUT2D eigenvalue weighted by Gasteiger charge is 2.19. The third-order valence-corrected chi connectivity index (χ3v) is 2.32. The van der Waals surface area contributed by atoms with Crippen LogP contribution in [0.15, 0.2) is 0 Å². The number of carbonyl (C=O) groups is 2. The van der Waals surface area contributed by atoms with E-state index in [0.29, 0.717) is 19.4 Å². The van der Waals surface area contributed by atoms with Crippen molar-refractivity contribution in [3.63, 3.8) is 0 Å². The molecule has 2 amide bonds. The smallest absolute Gasteiger partial charge is 0.410 e. The van der Waals surface area contributed by atoms with Crippen molar-refractivity contribution in [2.24, 2.45) is 0 Å². The van der Waals surface area contributed by atoms with Gasteiger partial charge in [0.05, 0.1) is 6.07 Å². The molecule has 0 rings (SSSR count). The molecule has 0 N–H and O–H groups in total. The molecule has 0 aromatic carbocycles. The average molecular weight is 269 g/mol. The van der Waals surface area contributed by atoms with Crippen molar-refractivity contribution in [3.05, 3.63) is 0 Å². The molecule has 0 atom stereocenters. The summed E-state index contributed by atoms with van der Waals surface area (Å²) in [6.45, 7) is 5.94. The van der Waals surface area contributed by atoms with Crippen LogP contribution in [0.25, 0.3) is 0 Å². The molecule has 0 radical (unpaired) electrons. The van der Waals surface area contributed by atoms with E-state index in [4.69, 9.17) is 10.00 Å². The van der Waals surface area contributed by atoms with Crippen molar-refractivity contribution >= 4 is 12.0 Å². The summed E-state index contributed by atoms with van der Waals surface area (Å²) in [6.07, 6.45) is 0.459. The van der Waals surface area contributed by atoms with Gasteiger partial charge in [-0.25, -0.2) is 4.79 Å². The fraction of sp³-hybridized carbons (Fsp3) is 0.769. The summed E-state index contributed by atoms with van der Waals surface area (Å²) in [5.74, 6) is -0.0980. The average Bonchev–Trinajstić information content (AvgIpc) is 2.26.